The molecule has 3 heterocycles. The molecular weight excluding hydrogens is 474 g/mol. The number of piperidine rings is 1. The van der Waals surface area contributed by atoms with Gasteiger partial charge in [0.05, 0.1) is 30.9 Å². The largest absolute Gasteiger partial charge is 0.495 e. The number of nitrogens with zero attached hydrogens (tertiary/aromatic N) is 4. The van der Waals surface area contributed by atoms with Gasteiger partial charge in [-0.1, -0.05) is 17.6 Å². The van der Waals surface area contributed by atoms with Crippen LogP contribution in [0.5, 0.6) is 5.75 Å². The fourth-order valence-corrected chi connectivity index (χ4v) is 6.71. The van der Waals surface area contributed by atoms with Crippen molar-refractivity contribution in [3.05, 3.63) is 76.9 Å². The SMILES string of the molecule is COc1cc(C2CCCC23CCCN2C3=NOCC2c2cc(F)c(C)c(F)c2)ccc1-n1cnc(C)c1. The summed E-state index contributed by atoms with van der Waals surface area (Å²) >= 11 is 0. The molecule has 3 aliphatic rings. The summed E-state index contributed by atoms with van der Waals surface area (Å²) in [4.78, 5) is 12.4. The second-order valence-corrected chi connectivity index (χ2v) is 10.6. The normalized spacial score (nSPS) is 25.1. The number of ether oxygens (including phenoxy) is 1. The first kappa shape index (κ1) is 23.9. The van der Waals surface area contributed by atoms with Crippen LogP contribution in [0.25, 0.3) is 5.69 Å². The van der Waals surface area contributed by atoms with Gasteiger partial charge in [0.1, 0.15) is 24.0 Å². The average Bonchev–Trinajstić information content (AvgIpc) is 3.53. The summed E-state index contributed by atoms with van der Waals surface area (Å²) in [5.74, 6) is 0.923. The average molecular weight is 507 g/mol. The Balaban J connectivity index is 1.36. The third-order valence-electron chi connectivity index (χ3n) is 8.57. The maximum atomic E-state index is 14.5. The van der Waals surface area contributed by atoms with E-state index in [1.165, 1.54) is 24.6 Å². The molecule has 1 aliphatic carbocycles. The van der Waals surface area contributed by atoms with Crippen molar-refractivity contribution >= 4 is 5.84 Å². The Morgan fingerprint density at radius 1 is 1.05 bits per heavy atom. The Morgan fingerprint density at radius 3 is 2.57 bits per heavy atom. The van der Waals surface area contributed by atoms with Gasteiger partial charge >= 0.3 is 0 Å². The first-order chi connectivity index (χ1) is 17.9. The zero-order chi connectivity index (χ0) is 25.7. The van der Waals surface area contributed by atoms with Crippen LogP contribution in [-0.4, -0.2) is 40.5 Å². The van der Waals surface area contributed by atoms with Crippen LogP contribution in [0.15, 0.2) is 48.0 Å². The van der Waals surface area contributed by atoms with Gasteiger partial charge in [-0.2, -0.15) is 0 Å². The number of imidazole rings is 1. The van der Waals surface area contributed by atoms with Gasteiger partial charge in [0.15, 0.2) is 5.84 Å². The lowest BCUT2D eigenvalue weighted by Gasteiger charge is -2.50. The summed E-state index contributed by atoms with van der Waals surface area (Å²) in [6.07, 6.45) is 8.91. The van der Waals surface area contributed by atoms with Crippen molar-refractivity contribution in [1.29, 1.82) is 0 Å². The molecule has 3 atom stereocenters. The van der Waals surface area contributed by atoms with E-state index in [-0.39, 0.29) is 29.5 Å². The van der Waals surface area contributed by atoms with Gasteiger partial charge < -0.3 is 19.0 Å². The molecule has 0 amide bonds. The third-order valence-corrected chi connectivity index (χ3v) is 8.57. The van der Waals surface area contributed by atoms with Crippen molar-refractivity contribution < 1.29 is 18.4 Å². The highest BCUT2D eigenvalue weighted by molar-refractivity contribution is 5.90. The van der Waals surface area contributed by atoms with E-state index in [1.807, 2.05) is 17.7 Å². The molecule has 6 rings (SSSR count). The monoisotopic (exact) mass is 506 g/mol. The van der Waals surface area contributed by atoms with Crippen molar-refractivity contribution in [2.75, 3.05) is 20.3 Å². The highest BCUT2D eigenvalue weighted by atomic mass is 19.1. The van der Waals surface area contributed by atoms with E-state index in [2.05, 4.69) is 33.2 Å². The fraction of sp³-hybridized carbons (Fsp3) is 0.448. The van der Waals surface area contributed by atoms with Crippen LogP contribution in [0.1, 0.15) is 66.4 Å². The van der Waals surface area contributed by atoms with Gasteiger partial charge in [-0.25, -0.2) is 13.8 Å². The molecule has 6 nitrogen and oxygen atoms in total. The quantitative estimate of drug-likeness (QED) is 0.422. The van der Waals surface area contributed by atoms with Crippen molar-refractivity contribution in [3.8, 4) is 11.4 Å². The second kappa shape index (κ2) is 9.15. The van der Waals surface area contributed by atoms with Crippen molar-refractivity contribution in [3.63, 3.8) is 0 Å². The first-order valence-electron chi connectivity index (χ1n) is 13.0. The number of methoxy groups -OCH3 is 1. The molecule has 2 aromatic carbocycles. The summed E-state index contributed by atoms with van der Waals surface area (Å²) < 4.78 is 36.7. The predicted octanol–water partition coefficient (Wildman–Crippen LogP) is 6.21. The topological polar surface area (TPSA) is 51.9 Å². The molecule has 37 heavy (non-hydrogen) atoms. The number of halogens is 2. The molecule has 3 unspecified atom stereocenters. The highest BCUT2D eigenvalue weighted by Crippen LogP contribution is 2.57. The van der Waals surface area contributed by atoms with Crippen molar-refractivity contribution in [1.82, 2.24) is 14.5 Å². The van der Waals surface area contributed by atoms with Gasteiger partial charge in [-0.3, -0.25) is 0 Å². The standard InChI is InChI=1S/C29H32F2N4O2/c1-18-15-34(17-32-18)25-8-7-20(14-27(25)36-3)22-6-4-9-29(22)10-5-11-35-26(16-37-33-28(29)35)21-12-23(30)19(2)24(31)13-21/h7-8,12-15,17,22,26H,4-6,9-11,16H2,1-3H3. The number of benzene rings is 2. The Labute approximate surface area is 215 Å². The number of oxime groups is 1. The molecule has 1 saturated heterocycles. The number of rotatable bonds is 4. The molecule has 1 spiro atoms. The lowest BCUT2D eigenvalue weighted by molar-refractivity contribution is 0.0342. The minimum Gasteiger partial charge on any atom is -0.495 e. The molecule has 2 fully saturated rings. The van der Waals surface area contributed by atoms with Crippen LogP contribution in [0.3, 0.4) is 0 Å². The summed E-state index contributed by atoms with van der Waals surface area (Å²) in [6.45, 7) is 4.50. The van der Waals surface area contributed by atoms with E-state index in [1.54, 1.807) is 13.4 Å². The Morgan fingerprint density at radius 2 is 1.84 bits per heavy atom. The number of hydrogen-bond donors (Lipinski definition) is 0. The van der Waals surface area contributed by atoms with Gasteiger partial charge in [0.25, 0.3) is 0 Å². The Hall–Kier alpha value is -3.42. The van der Waals surface area contributed by atoms with E-state index >= 15 is 0 Å². The number of fused-ring (bicyclic) bond motifs is 2. The molecule has 3 aromatic rings. The number of aryl methyl sites for hydroxylation is 1. The van der Waals surface area contributed by atoms with Crippen LogP contribution in [0.2, 0.25) is 0 Å². The minimum atomic E-state index is -0.523. The predicted molar refractivity (Wildman–Crippen MR) is 137 cm³/mol. The van der Waals surface area contributed by atoms with E-state index in [9.17, 15) is 8.78 Å². The minimum absolute atomic E-state index is 0.0450. The number of aromatic nitrogens is 2. The molecule has 2 aliphatic heterocycles. The van der Waals surface area contributed by atoms with Gasteiger partial charge in [0, 0.05) is 23.7 Å². The van der Waals surface area contributed by atoms with Crippen LogP contribution >= 0.6 is 0 Å². The molecule has 0 bridgehead atoms. The highest BCUT2D eigenvalue weighted by Gasteiger charge is 2.53. The number of hydrogen-bond acceptors (Lipinski definition) is 5. The van der Waals surface area contributed by atoms with Gasteiger partial charge in [-0.05, 0) is 80.8 Å². The summed E-state index contributed by atoms with van der Waals surface area (Å²) in [5.41, 5.74) is 3.57. The number of amidine groups is 1. The molecule has 8 heteroatoms. The lowest BCUT2D eigenvalue weighted by Crippen LogP contribution is -2.53. The van der Waals surface area contributed by atoms with Crippen LogP contribution in [-0.2, 0) is 4.84 Å². The molecule has 1 aromatic heterocycles. The lowest BCUT2D eigenvalue weighted by atomic mass is 9.67. The third kappa shape index (κ3) is 3.88. The van der Waals surface area contributed by atoms with Crippen molar-refractivity contribution in [2.45, 2.75) is 57.9 Å². The molecule has 0 radical (unpaired) electrons. The maximum Gasteiger partial charge on any atom is 0.151 e. The van der Waals surface area contributed by atoms with E-state index in [0.29, 0.717) is 5.56 Å². The summed E-state index contributed by atoms with van der Waals surface area (Å²) in [7, 11) is 1.70. The van der Waals surface area contributed by atoms with Gasteiger partial charge in [-0.15, -0.1) is 0 Å². The maximum absolute atomic E-state index is 14.5. The van der Waals surface area contributed by atoms with E-state index in [4.69, 9.17) is 9.57 Å². The van der Waals surface area contributed by atoms with Crippen LogP contribution in [0, 0.1) is 30.9 Å². The van der Waals surface area contributed by atoms with Crippen LogP contribution < -0.4 is 4.74 Å². The van der Waals surface area contributed by atoms with Crippen LogP contribution in [0.4, 0.5) is 8.78 Å². The molecule has 0 N–H and O–H groups in total. The molecular formula is C29H32F2N4O2. The zero-order valence-electron chi connectivity index (χ0n) is 21.5. The first-order valence-corrected chi connectivity index (χ1v) is 13.0. The molecule has 194 valence electrons. The Kier molecular flexibility index (Phi) is 5.92. The fourth-order valence-electron chi connectivity index (χ4n) is 6.71. The van der Waals surface area contributed by atoms with Crippen molar-refractivity contribution in [2.24, 2.45) is 10.6 Å². The van der Waals surface area contributed by atoms with Gasteiger partial charge in [0.2, 0.25) is 0 Å². The summed E-state index contributed by atoms with van der Waals surface area (Å²) in [5, 5.41) is 4.62. The molecule has 1 saturated carbocycles. The smallest absolute Gasteiger partial charge is 0.151 e. The Bertz CT molecular complexity index is 1350. The summed E-state index contributed by atoms with van der Waals surface area (Å²) in [6, 6.07) is 9.07. The van der Waals surface area contributed by atoms with E-state index in [0.717, 1.165) is 61.6 Å². The second-order valence-electron chi connectivity index (χ2n) is 10.6. The zero-order valence-corrected chi connectivity index (χ0v) is 21.5. The van der Waals surface area contributed by atoms with E-state index < -0.39 is 11.6 Å².